The zero-order valence-corrected chi connectivity index (χ0v) is 18.6. The molecule has 2 aromatic carbocycles. The Morgan fingerprint density at radius 2 is 1.90 bits per heavy atom. The molecule has 1 unspecified atom stereocenters. The van der Waals surface area contributed by atoms with Crippen LogP contribution in [0.1, 0.15) is 6.42 Å². The van der Waals surface area contributed by atoms with Crippen LogP contribution in [0.2, 0.25) is 5.02 Å². The average molecular weight is 456 g/mol. The Morgan fingerprint density at radius 1 is 1.19 bits per heavy atom. The molecule has 2 heterocycles. The summed E-state index contributed by atoms with van der Waals surface area (Å²) in [5.74, 6) is -0.489. The van der Waals surface area contributed by atoms with E-state index < -0.39 is 0 Å². The van der Waals surface area contributed by atoms with Crippen molar-refractivity contribution in [2.24, 2.45) is 5.92 Å². The van der Waals surface area contributed by atoms with Gasteiger partial charge in [0.25, 0.3) is 0 Å². The maximum Gasteiger partial charge on any atom is 0.229 e. The minimum absolute atomic E-state index is 0.00688. The monoisotopic (exact) mass is 455 g/mol. The van der Waals surface area contributed by atoms with Crippen molar-refractivity contribution in [3.63, 3.8) is 0 Å². The van der Waals surface area contributed by atoms with E-state index in [1.165, 1.54) is 0 Å². The third-order valence-electron chi connectivity index (χ3n) is 5.19. The van der Waals surface area contributed by atoms with Crippen LogP contribution >= 0.6 is 22.9 Å². The van der Waals surface area contributed by atoms with E-state index in [4.69, 9.17) is 21.3 Å². The molecule has 1 atom stereocenters. The molecule has 0 spiro atoms. The van der Waals surface area contributed by atoms with Crippen LogP contribution in [0.15, 0.2) is 53.9 Å². The highest BCUT2D eigenvalue weighted by Gasteiger charge is 2.33. The second-order valence-electron chi connectivity index (χ2n) is 7.34. The van der Waals surface area contributed by atoms with Crippen molar-refractivity contribution in [3.8, 4) is 21.8 Å². The maximum absolute atomic E-state index is 12.6. The van der Waals surface area contributed by atoms with Gasteiger partial charge in [-0.3, -0.25) is 9.59 Å². The van der Waals surface area contributed by atoms with Gasteiger partial charge in [-0.05, 0) is 24.3 Å². The Kier molecular flexibility index (Phi) is 6.65. The number of rotatable bonds is 7. The van der Waals surface area contributed by atoms with Gasteiger partial charge in [-0.25, -0.2) is 4.98 Å². The van der Waals surface area contributed by atoms with E-state index in [0.717, 1.165) is 21.8 Å². The largest absolute Gasteiger partial charge is 0.383 e. The lowest BCUT2D eigenvalue weighted by atomic mass is 10.1. The van der Waals surface area contributed by atoms with Gasteiger partial charge in [0.1, 0.15) is 5.01 Å². The van der Waals surface area contributed by atoms with Crippen molar-refractivity contribution in [2.45, 2.75) is 6.42 Å². The van der Waals surface area contributed by atoms with Crippen molar-refractivity contribution in [2.75, 3.05) is 32.1 Å². The van der Waals surface area contributed by atoms with Crippen LogP contribution < -0.4 is 5.32 Å². The van der Waals surface area contributed by atoms with Crippen LogP contribution in [0.5, 0.6) is 0 Å². The Morgan fingerprint density at radius 3 is 2.61 bits per heavy atom. The first-order chi connectivity index (χ1) is 15.0. The lowest BCUT2D eigenvalue weighted by Crippen LogP contribution is -2.30. The molecule has 4 rings (SSSR count). The number of hydrogen-bond acceptors (Lipinski definition) is 5. The first kappa shape index (κ1) is 21.5. The maximum atomic E-state index is 12.6. The highest BCUT2D eigenvalue weighted by atomic mass is 35.5. The summed E-state index contributed by atoms with van der Waals surface area (Å²) in [6.45, 7) is 1.41. The fourth-order valence-electron chi connectivity index (χ4n) is 3.47. The number of carbonyl (C=O) groups is 2. The fraction of sp³-hybridized carbons (Fsp3) is 0.261. The van der Waals surface area contributed by atoms with Crippen molar-refractivity contribution in [1.29, 1.82) is 0 Å². The number of carbonyl (C=O) groups excluding carboxylic acids is 2. The number of halogens is 1. The summed E-state index contributed by atoms with van der Waals surface area (Å²) in [6.07, 6.45) is 0.236. The van der Waals surface area contributed by atoms with E-state index in [-0.39, 0.29) is 24.2 Å². The third-order valence-corrected chi connectivity index (χ3v) is 6.34. The summed E-state index contributed by atoms with van der Waals surface area (Å²) in [5, 5.41) is 6.55. The number of benzene rings is 2. The van der Waals surface area contributed by atoms with Gasteiger partial charge in [-0.15, -0.1) is 11.3 Å². The zero-order chi connectivity index (χ0) is 21.8. The second-order valence-corrected chi connectivity index (χ2v) is 8.64. The van der Waals surface area contributed by atoms with Crippen LogP contribution in [0.3, 0.4) is 0 Å². The van der Waals surface area contributed by atoms with Gasteiger partial charge < -0.3 is 15.0 Å². The number of anilines is 1. The highest BCUT2D eigenvalue weighted by Crippen LogP contribution is 2.30. The summed E-state index contributed by atoms with van der Waals surface area (Å²) in [6, 6.07) is 15.2. The molecule has 31 heavy (non-hydrogen) atoms. The summed E-state index contributed by atoms with van der Waals surface area (Å²) >= 11 is 7.53. The quantitative estimate of drug-likeness (QED) is 0.566. The number of amides is 2. The van der Waals surface area contributed by atoms with Gasteiger partial charge in [-0.1, -0.05) is 35.9 Å². The molecule has 1 aromatic heterocycles. The van der Waals surface area contributed by atoms with Gasteiger partial charge >= 0.3 is 0 Å². The predicted molar refractivity (Wildman–Crippen MR) is 123 cm³/mol. The Bertz CT molecular complexity index is 1070. The number of hydrogen-bond donors (Lipinski definition) is 1. The topological polar surface area (TPSA) is 71.5 Å². The van der Waals surface area contributed by atoms with Crippen LogP contribution in [0.25, 0.3) is 21.8 Å². The molecule has 2 amide bonds. The molecule has 1 aliphatic rings. The fourth-order valence-corrected chi connectivity index (χ4v) is 4.43. The number of nitrogens with zero attached hydrogens (tertiary/aromatic N) is 2. The molecule has 1 fully saturated rings. The van der Waals surface area contributed by atoms with Gasteiger partial charge in [-0.2, -0.15) is 0 Å². The first-order valence-electron chi connectivity index (χ1n) is 9.93. The number of methoxy groups -OCH3 is 1. The molecule has 1 N–H and O–H groups in total. The molecule has 6 nitrogen and oxygen atoms in total. The number of nitrogens with one attached hydrogen (secondary N) is 1. The number of ether oxygens (including phenoxy) is 1. The van der Waals surface area contributed by atoms with E-state index in [1.54, 1.807) is 23.3 Å². The van der Waals surface area contributed by atoms with Crippen LogP contribution in [0.4, 0.5) is 5.69 Å². The van der Waals surface area contributed by atoms with Crippen LogP contribution in [-0.4, -0.2) is 48.5 Å². The molecule has 3 aromatic rings. The van der Waals surface area contributed by atoms with Gasteiger partial charge in [0.05, 0.1) is 18.2 Å². The minimum Gasteiger partial charge on any atom is -0.383 e. The summed E-state index contributed by atoms with van der Waals surface area (Å²) in [4.78, 5) is 31.0. The lowest BCUT2D eigenvalue weighted by molar-refractivity contribution is -0.128. The molecule has 0 aliphatic carbocycles. The molecule has 0 radical (unpaired) electrons. The van der Waals surface area contributed by atoms with E-state index in [9.17, 15) is 9.59 Å². The molecule has 1 aliphatic heterocycles. The number of thiazole rings is 1. The molecule has 1 saturated heterocycles. The minimum atomic E-state index is -0.343. The SMILES string of the molecule is COCCN1CC(C(=O)Nc2ccc(-c3csc(-c4ccc(Cl)cc4)n3)cc2)CC1=O. The van der Waals surface area contributed by atoms with E-state index >= 15 is 0 Å². The predicted octanol–water partition coefficient (Wildman–Crippen LogP) is 4.56. The summed E-state index contributed by atoms with van der Waals surface area (Å²) in [5.41, 5.74) is 3.57. The van der Waals surface area contributed by atoms with E-state index in [2.05, 4.69) is 5.32 Å². The van der Waals surface area contributed by atoms with Crippen LogP contribution in [0, 0.1) is 5.92 Å². The molecule has 0 saturated carbocycles. The normalized spacial score (nSPS) is 16.0. The smallest absolute Gasteiger partial charge is 0.229 e. The third kappa shape index (κ3) is 5.12. The van der Waals surface area contributed by atoms with E-state index in [0.29, 0.717) is 30.4 Å². The highest BCUT2D eigenvalue weighted by molar-refractivity contribution is 7.13. The Labute approximate surface area is 189 Å². The Hall–Kier alpha value is -2.74. The van der Waals surface area contributed by atoms with Gasteiger partial charge in [0.2, 0.25) is 11.8 Å². The molecule has 160 valence electrons. The number of likely N-dealkylation sites (tertiary alicyclic amines) is 1. The van der Waals surface area contributed by atoms with Crippen molar-refractivity contribution in [1.82, 2.24) is 9.88 Å². The first-order valence-corrected chi connectivity index (χ1v) is 11.2. The summed E-state index contributed by atoms with van der Waals surface area (Å²) < 4.78 is 5.02. The lowest BCUT2D eigenvalue weighted by Gasteiger charge is -2.15. The molecule has 8 heteroatoms. The second kappa shape index (κ2) is 9.60. The van der Waals surface area contributed by atoms with Crippen molar-refractivity contribution in [3.05, 3.63) is 58.9 Å². The van der Waals surface area contributed by atoms with Crippen molar-refractivity contribution >= 4 is 40.4 Å². The molecule has 0 bridgehead atoms. The van der Waals surface area contributed by atoms with Gasteiger partial charge in [0.15, 0.2) is 0 Å². The van der Waals surface area contributed by atoms with Crippen molar-refractivity contribution < 1.29 is 14.3 Å². The van der Waals surface area contributed by atoms with Crippen LogP contribution in [-0.2, 0) is 14.3 Å². The standard InChI is InChI=1S/C23H22ClN3O3S/c1-30-11-10-27-13-17(12-21(27)28)22(29)25-19-8-4-15(5-9-19)20-14-31-23(26-20)16-2-6-18(24)7-3-16/h2-9,14,17H,10-13H2,1H3,(H,25,29). The Balaban J connectivity index is 1.38. The van der Waals surface area contributed by atoms with E-state index in [1.807, 2.05) is 53.9 Å². The summed E-state index contributed by atoms with van der Waals surface area (Å²) in [7, 11) is 1.60. The molecular weight excluding hydrogens is 434 g/mol. The number of aromatic nitrogens is 1. The molecular formula is C23H22ClN3O3S. The average Bonchev–Trinajstić information content (AvgIpc) is 3.41. The van der Waals surface area contributed by atoms with Gasteiger partial charge in [0, 0.05) is 53.8 Å². The zero-order valence-electron chi connectivity index (χ0n) is 17.0.